The van der Waals surface area contributed by atoms with Gasteiger partial charge in [0.1, 0.15) is 17.2 Å². The number of hydrogen-bond donors (Lipinski definition) is 1. The lowest BCUT2D eigenvalue weighted by atomic mass is 10.0. The molecule has 6 heteroatoms. The Morgan fingerprint density at radius 3 is 2.31 bits per heavy atom. The van der Waals surface area contributed by atoms with Gasteiger partial charge in [0, 0.05) is 6.54 Å². The van der Waals surface area contributed by atoms with Gasteiger partial charge in [0.2, 0.25) is 0 Å². The number of likely N-dealkylation sites (tertiary alicyclic amines) is 1. The van der Waals surface area contributed by atoms with Crippen molar-refractivity contribution in [2.45, 2.75) is 31.9 Å². The number of carbonyl (C=O) groups is 1. The molecule has 0 radical (unpaired) electrons. The highest BCUT2D eigenvalue weighted by atomic mass is 16.5. The van der Waals surface area contributed by atoms with E-state index in [9.17, 15) is 4.79 Å². The van der Waals surface area contributed by atoms with Gasteiger partial charge in [-0.25, -0.2) is 0 Å². The van der Waals surface area contributed by atoms with E-state index in [-0.39, 0.29) is 11.9 Å². The fourth-order valence-corrected chi connectivity index (χ4v) is 3.61. The summed E-state index contributed by atoms with van der Waals surface area (Å²) in [6.07, 6.45) is 1.78. The van der Waals surface area contributed by atoms with Gasteiger partial charge >= 0.3 is 0 Å². The van der Waals surface area contributed by atoms with Crippen LogP contribution in [0.5, 0.6) is 17.2 Å². The first-order chi connectivity index (χ1) is 14.1. The first kappa shape index (κ1) is 21.0. The van der Waals surface area contributed by atoms with E-state index >= 15 is 0 Å². The Hall–Kier alpha value is -2.73. The van der Waals surface area contributed by atoms with E-state index in [1.807, 2.05) is 30.3 Å². The molecule has 0 saturated carbocycles. The zero-order valence-corrected chi connectivity index (χ0v) is 17.4. The zero-order valence-electron chi connectivity index (χ0n) is 17.4. The Morgan fingerprint density at radius 2 is 1.66 bits per heavy atom. The van der Waals surface area contributed by atoms with Crippen LogP contribution in [0.4, 0.5) is 0 Å². The zero-order chi connectivity index (χ0) is 20.6. The molecule has 3 rings (SSSR count). The summed E-state index contributed by atoms with van der Waals surface area (Å²) in [6.45, 7) is 4.36. The minimum absolute atomic E-state index is 0.115. The normalized spacial score (nSPS) is 16.1. The van der Waals surface area contributed by atoms with Crippen molar-refractivity contribution in [1.29, 1.82) is 0 Å². The van der Waals surface area contributed by atoms with Crippen molar-refractivity contribution in [3.63, 3.8) is 0 Å². The van der Waals surface area contributed by atoms with Crippen LogP contribution in [0.15, 0.2) is 48.5 Å². The number of methoxy groups -OCH3 is 2. The second kappa shape index (κ2) is 10.2. The number of carbonyl (C=O) groups excluding carboxylic acids is 1. The first-order valence-corrected chi connectivity index (χ1v) is 10.1. The molecular formula is C23H30N2O4. The molecule has 0 aliphatic carbocycles. The summed E-state index contributed by atoms with van der Waals surface area (Å²) in [6, 6.07) is 15.4. The monoisotopic (exact) mass is 398 g/mol. The lowest BCUT2D eigenvalue weighted by Crippen LogP contribution is -2.42. The smallest absolute Gasteiger partial charge is 0.260 e. The van der Waals surface area contributed by atoms with E-state index in [0.717, 1.165) is 30.2 Å². The molecule has 1 N–H and O–H groups in total. The maximum Gasteiger partial charge on any atom is 0.260 e. The molecule has 156 valence electrons. The molecule has 0 aromatic heterocycles. The van der Waals surface area contributed by atoms with E-state index in [1.165, 1.54) is 12.8 Å². The van der Waals surface area contributed by atoms with Crippen LogP contribution in [0, 0.1) is 0 Å². The molecule has 1 aliphatic rings. The first-order valence-electron chi connectivity index (χ1n) is 10.1. The topological polar surface area (TPSA) is 60.0 Å². The summed E-state index contributed by atoms with van der Waals surface area (Å²) < 4.78 is 16.3. The van der Waals surface area contributed by atoms with Crippen LogP contribution in [0.25, 0.3) is 0 Å². The SMILES string of the molecule is COc1ccc(OC(C)C(=O)NCC(c2cccc(OC)c2)N2CCCC2)cc1. The highest BCUT2D eigenvalue weighted by molar-refractivity contribution is 5.80. The van der Waals surface area contributed by atoms with Crippen molar-refractivity contribution in [3.05, 3.63) is 54.1 Å². The average Bonchev–Trinajstić information content (AvgIpc) is 3.29. The predicted octanol–water partition coefficient (Wildman–Crippen LogP) is 3.42. The van der Waals surface area contributed by atoms with Crippen LogP contribution in [0.3, 0.4) is 0 Å². The third kappa shape index (κ3) is 5.64. The third-order valence-corrected chi connectivity index (χ3v) is 5.27. The van der Waals surface area contributed by atoms with Gasteiger partial charge in [-0.05, 0) is 74.8 Å². The fourth-order valence-electron chi connectivity index (χ4n) is 3.61. The molecule has 29 heavy (non-hydrogen) atoms. The quantitative estimate of drug-likeness (QED) is 0.701. The molecule has 0 spiro atoms. The minimum Gasteiger partial charge on any atom is -0.497 e. The Balaban J connectivity index is 1.62. The molecule has 2 atom stereocenters. The van der Waals surface area contributed by atoms with Gasteiger partial charge in [-0.3, -0.25) is 9.69 Å². The number of benzene rings is 2. The van der Waals surface area contributed by atoms with E-state index in [0.29, 0.717) is 12.3 Å². The Bertz CT molecular complexity index is 788. The number of rotatable bonds is 9. The predicted molar refractivity (Wildman–Crippen MR) is 113 cm³/mol. The van der Waals surface area contributed by atoms with Gasteiger partial charge in [-0.1, -0.05) is 12.1 Å². The summed E-state index contributed by atoms with van der Waals surface area (Å²) in [7, 11) is 3.29. The van der Waals surface area contributed by atoms with Crippen molar-refractivity contribution >= 4 is 5.91 Å². The van der Waals surface area contributed by atoms with E-state index in [4.69, 9.17) is 14.2 Å². The third-order valence-electron chi connectivity index (χ3n) is 5.27. The molecule has 6 nitrogen and oxygen atoms in total. The van der Waals surface area contributed by atoms with Gasteiger partial charge in [0.05, 0.1) is 20.3 Å². The standard InChI is InChI=1S/C23H30N2O4/c1-17(29-20-11-9-19(27-2)10-12-20)23(26)24-16-22(25-13-4-5-14-25)18-7-6-8-21(15-18)28-3/h6-12,15,17,22H,4-5,13-14,16H2,1-3H3,(H,24,26). The number of nitrogens with one attached hydrogen (secondary N) is 1. The lowest BCUT2D eigenvalue weighted by molar-refractivity contribution is -0.127. The lowest BCUT2D eigenvalue weighted by Gasteiger charge is -2.29. The van der Waals surface area contributed by atoms with Crippen LogP contribution in [0.1, 0.15) is 31.4 Å². The highest BCUT2D eigenvalue weighted by Crippen LogP contribution is 2.27. The number of amides is 1. The van der Waals surface area contributed by atoms with Crippen molar-refractivity contribution in [3.8, 4) is 17.2 Å². The van der Waals surface area contributed by atoms with Gasteiger partial charge in [-0.2, -0.15) is 0 Å². The van der Waals surface area contributed by atoms with Crippen molar-refractivity contribution in [2.75, 3.05) is 33.9 Å². The Kier molecular flexibility index (Phi) is 7.36. The number of ether oxygens (including phenoxy) is 3. The highest BCUT2D eigenvalue weighted by Gasteiger charge is 2.25. The molecule has 1 saturated heterocycles. The van der Waals surface area contributed by atoms with Crippen LogP contribution in [-0.2, 0) is 4.79 Å². The van der Waals surface area contributed by atoms with Crippen molar-refractivity contribution < 1.29 is 19.0 Å². The number of nitrogens with zero attached hydrogens (tertiary/aromatic N) is 1. The van der Waals surface area contributed by atoms with E-state index in [2.05, 4.69) is 16.3 Å². The molecule has 1 amide bonds. The molecule has 2 unspecified atom stereocenters. The summed E-state index contributed by atoms with van der Waals surface area (Å²) in [5.41, 5.74) is 1.15. The van der Waals surface area contributed by atoms with Gasteiger partial charge in [-0.15, -0.1) is 0 Å². The van der Waals surface area contributed by atoms with Gasteiger partial charge in [0.25, 0.3) is 5.91 Å². The molecule has 1 heterocycles. The molecule has 2 aromatic carbocycles. The minimum atomic E-state index is -0.590. The van der Waals surface area contributed by atoms with Gasteiger partial charge in [0.15, 0.2) is 6.10 Å². The Labute approximate surface area is 172 Å². The van der Waals surface area contributed by atoms with Crippen LogP contribution in [-0.4, -0.2) is 50.8 Å². The summed E-state index contributed by atoms with van der Waals surface area (Å²) in [4.78, 5) is 15.1. The average molecular weight is 399 g/mol. The van der Waals surface area contributed by atoms with Crippen LogP contribution < -0.4 is 19.5 Å². The summed E-state index contributed by atoms with van der Waals surface area (Å²) >= 11 is 0. The molecule has 1 fully saturated rings. The molecule has 2 aromatic rings. The fraction of sp³-hybridized carbons (Fsp3) is 0.435. The molecule has 1 aliphatic heterocycles. The maximum atomic E-state index is 12.6. The van der Waals surface area contributed by atoms with Crippen LogP contribution >= 0.6 is 0 Å². The maximum absolute atomic E-state index is 12.6. The summed E-state index contributed by atoms with van der Waals surface area (Å²) in [5, 5.41) is 3.07. The largest absolute Gasteiger partial charge is 0.497 e. The number of hydrogen-bond acceptors (Lipinski definition) is 5. The molecular weight excluding hydrogens is 368 g/mol. The Morgan fingerprint density at radius 1 is 1.00 bits per heavy atom. The second-order valence-electron chi connectivity index (χ2n) is 7.22. The van der Waals surface area contributed by atoms with E-state index in [1.54, 1.807) is 33.3 Å². The van der Waals surface area contributed by atoms with Crippen molar-refractivity contribution in [2.24, 2.45) is 0 Å². The van der Waals surface area contributed by atoms with Crippen LogP contribution in [0.2, 0.25) is 0 Å². The summed E-state index contributed by atoms with van der Waals surface area (Å²) in [5.74, 6) is 2.08. The second-order valence-corrected chi connectivity index (χ2v) is 7.22. The molecule has 0 bridgehead atoms. The van der Waals surface area contributed by atoms with Gasteiger partial charge < -0.3 is 19.5 Å². The van der Waals surface area contributed by atoms with Crippen molar-refractivity contribution in [1.82, 2.24) is 10.2 Å². The van der Waals surface area contributed by atoms with E-state index < -0.39 is 6.10 Å².